The Kier molecular flexibility index (Phi) is 3.93. The summed E-state index contributed by atoms with van der Waals surface area (Å²) in [6, 6.07) is 1.35. The van der Waals surface area contributed by atoms with Gasteiger partial charge in [0.2, 0.25) is 0 Å². The van der Waals surface area contributed by atoms with Crippen molar-refractivity contribution in [2.75, 3.05) is 0 Å². The minimum Gasteiger partial charge on any atom is -0.291 e. The minimum absolute atomic E-state index is 0.384. The minimum atomic E-state index is 0.384. The van der Waals surface area contributed by atoms with Gasteiger partial charge in [-0.25, -0.2) is 0 Å². The second-order valence-electron chi connectivity index (χ2n) is 5.81. The molecule has 2 fully saturated rings. The molecule has 3 heterocycles. The van der Waals surface area contributed by atoms with Crippen LogP contribution >= 0.6 is 27.5 Å². The molecule has 0 saturated carbocycles. The largest absolute Gasteiger partial charge is 0.291 e. The van der Waals surface area contributed by atoms with E-state index in [0.717, 1.165) is 31.5 Å². The van der Waals surface area contributed by atoms with E-state index >= 15 is 0 Å². The van der Waals surface area contributed by atoms with Gasteiger partial charge in [0.1, 0.15) is 0 Å². The summed E-state index contributed by atoms with van der Waals surface area (Å²) in [5.41, 5.74) is 2.47. The number of fused-ring (bicyclic) bond motifs is 2. The highest BCUT2D eigenvalue weighted by Gasteiger charge is 2.40. The predicted molar refractivity (Wildman–Crippen MR) is 81.5 cm³/mol. The first-order valence-electron chi connectivity index (χ1n) is 7.20. The van der Waals surface area contributed by atoms with Crippen LogP contribution in [0.2, 0.25) is 0 Å². The number of aryl methyl sites for hydroxylation is 2. The highest BCUT2D eigenvalue weighted by molar-refractivity contribution is 9.10. The molecule has 2 aliphatic rings. The summed E-state index contributed by atoms with van der Waals surface area (Å²) in [6.45, 7) is 3.16. The number of hydrogen-bond acceptors (Lipinski definition) is 2. The van der Waals surface area contributed by atoms with Gasteiger partial charge in [-0.3, -0.25) is 9.58 Å². The third kappa shape index (κ3) is 2.47. The SMILES string of the molecule is CCc1nn(C)c(CN2C3CCC2CC(Cl)C3)c1Br. The predicted octanol–water partition coefficient (Wildman–Crippen LogP) is 3.48. The summed E-state index contributed by atoms with van der Waals surface area (Å²) >= 11 is 10.1. The summed E-state index contributed by atoms with van der Waals surface area (Å²) < 4.78 is 3.24. The van der Waals surface area contributed by atoms with E-state index in [4.69, 9.17) is 11.6 Å². The lowest BCUT2D eigenvalue weighted by atomic mass is 10.0. The fourth-order valence-electron chi connectivity index (χ4n) is 3.63. The van der Waals surface area contributed by atoms with Crippen LogP contribution in [0.3, 0.4) is 0 Å². The van der Waals surface area contributed by atoms with Crippen molar-refractivity contribution in [3.8, 4) is 0 Å². The number of aromatic nitrogens is 2. The summed E-state index contributed by atoms with van der Waals surface area (Å²) in [6.07, 6.45) is 5.89. The Labute approximate surface area is 128 Å². The van der Waals surface area contributed by atoms with Crippen LogP contribution in [0.15, 0.2) is 4.47 Å². The van der Waals surface area contributed by atoms with Crippen molar-refractivity contribution < 1.29 is 0 Å². The van der Waals surface area contributed by atoms with Crippen LogP contribution < -0.4 is 0 Å². The first kappa shape index (κ1) is 13.9. The van der Waals surface area contributed by atoms with Crippen molar-refractivity contribution in [2.24, 2.45) is 7.05 Å². The van der Waals surface area contributed by atoms with Crippen LogP contribution in [0.4, 0.5) is 0 Å². The van der Waals surface area contributed by atoms with Gasteiger partial charge >= 0.3 is 0 Å². The van der Waals surface area contributed by atoms with Crippen molar-refractivity contribution in [2.45, 2.75) is 63.0 Å². The van der Waals surface area contributed by atoms with Crippen molar-refractivity contribution in [1.29, 1.82) is 0 Å². The monoisotopic (exact) mass is 345 g/mol. The van der Waals surface area contributed by atoms with Gasteiger partial charge < -0.3 is 0 Å². The van der Waals surface area contributed by atoms with Crippen molar-refractivity contribution in [1.82, 2.24) is 14.7 Å². The fraction of sp³-hybridized carbons (Fsp3) is 0.786. The molecule has 5 heteroatoms. The Morgan fingerprint density at radius 2 is 1.95 bits per heavy atom. The summed E-state index contributed by atoms with van der Waals surface area (Å²) in [7, 11) is 2.05. The van der Waals surface area contributed by atoms with E-state index in [2.05, 4.69) is 39.9 Å². The maximum absolute atomic E-state index is 6.35. The molecule has 2 unspecified atom stereocenters. The van der Waals surface area contributed by atoms with Gasteiger partial charge in [-0.1, -0.05) is 6.92 Å². The molecule has 106 valence electrons. The number of halogens is 2. The highest BCUT2D eigenvalue weighted by atomic mass is 79.9. The Balaban J connectivity index is 1.81. The lowest BCUT2D eigenvalue weighted by Crippen LogP contribution is -2.43. The highest BCUT2D eigenvalue weighted by Crippen LogP contribution is 2.39. The molecular formula is C14H21BrClN3. The van der Waals surface area contributed by atoms with Crippen LogP contribution in [-0.2, 0) is 20.0 Å². The van der Waals surface area contributed by atoms with Crippen LogP contribution in [0.5, 0.6) is 0 Å². The molecule has 2 aliphatic heterocycles. The van der Waals surface area contributed by atoms with E-state index in [1.165, 1.54) is 23.0 Å². The van der Waals surface area contributed by atoms with E-state index < -0.39 is 0 Å². The summed E-state index contributed by atoms with van der Waals surface area (Å²) in [5.74, 6) is 0. The lowest BCUT2D eigenvalue weighted by Gasteiger charge is -2.36. The van der Waals surface area contributed by atoms with Crippen molar-refractivity contribution in [3.63, 3.8) is 0 Å². The molecule has 2 bridgehead atoms. The molecule has 1 aromatic heterocycles. The smallest absolute Gasteiger partial charge is 0.0767 e. The molecule has 0 spiro atoms. The third-order valence-corrected chi connectivity index (χ3v) is 5.93. The maximum atomic E-state index is 6.35. The van der Waals surface area contributed by atoms with E-state index in [1.807, 2.05) is 4.68 Å². The molecule has 1 aromatic rings. The zero-order chi connectivity index (χ0) is 13.6. The van der Waals surface area contributed by atoms with E-state index in [1.54, 1.807) is 0 Å². The number of piperidine rings is 1. The van der Waals surface area contributed by atoms with Gasteiger partial charge in [-0.15, -0.1) is 11.6 Å². The Hall–Kier alpha value is -0.0600. The number of alkyl halides is 1. The summed E-state index contributed by atoms with van der Waals surface area (Å²) in [5, 5.41) is 4.98. The molecule has 2 saturated heterocycles. The molecule has 0 amide bonds. The Morgan fingerprint density at radius 1 is 1.32 bits per heavy atom. The molecule has 0 N–H and O–H groups in total. The van der Waals surface area contributed by atoms with E-state index in [9.17, 15) is 0 Å². The lowest BCUT2D eigenvalue weighted by molar-refractivity contribution is 0.131. The second-order valence-corrected chi connectivity index (χ2v) is 7.22. The standard InChI is InChI=1S/C14H21BrClN3/c1-3-12-14(15)13(18(2)17-12)8-19-10-4-5-11(19)7-9(16)6-10/h9-11H,3-8H2,1-2H3. The van der Waals surface area contributed by atoms with E-state index in [0.29, 0.717) is 17.5 Å². The Morgan fingerprint density at radius 3 is 2.47 bits per heavy atom. The van der Waals surface area contributed by atoms with Crippen LogP contribution in [0, 0.1) is 0 Å². The topological polar surface area (TPSA) is 21.1 Å². The molecule has 2 atom stereocenters. The third-order valence-electron chi connectivity index (χ3n) is 4.66. The molecule has 0 radical (unpaired) electrons. The zero-order valence-electron chi connectivity index (χ0n) is 11.6. The molecule has 19 heavy (non-hydrogen) atoms. The average molecular weight is 347 g/mol. The first-order chi connectivity index (χ1) is 9.10. The summed E-state index contributed by atoms with van der Waals surface area (Å²) in [4.78, 5) is 2.65. The second kappa shape index (κ2) is 5.38. The Bertz CT molecular complexity index is 460. The van der Waals surface area contributed by atoms with Gasteiger partial charge in [-0.05, 0) is 48.0 Å². The molecule has 0 aliphatic carbocycles. The number of nitrogens with zero attached hydrogens (tertiary/aromatic N) is 3. The average Bonchev–Trinajstić information content (AvgIpc) is 2.77. The van der Waals surface area contributed by atoms with Crippen molar-refractivity contribution in [3.05, 3.63) is 15.9 Å². The van der Waals surface area contributed by atoms with Crippen LogP contribution in [0.25, 0.3) is 0 Å². The van der Waals surface area contributed by atoms with Gasteiger partial charge in [-0.2, -0.15) is 5.10 Å². The van der Waals surface area contributed by atoms with Gasteiger partial charge in [0.05, 0.1) is 15.9 Å². The van der Waals surface area contributed by atoms with E-state index in [-0.39, 0.29) is 0 Å². The normalized spacial score (nSPS) is 31.1. The van der Waals surface area contributed by atoms with Crippen molar-refractivity contribution >= 4 is 27.5 Å². The molecular weight excluding hydrogens is 326 g/mol. The van der Waals surface area contributed by atoms with Crippen LogP contribution in [0.1, 0.15) is 44.0 Å². The molecule has 0 aromatic carbocycles. The number of rotatable bonds is 3. The molecule has 3 nitrogen and oxygen atoms in total. The molecule has 3 rings (SSSR count). The van der Waals surface area contributed by atoms with Gasteiger partial charge in [0.15, 0.2) is 0 Å². The zero-order valence-corrected chi connectivity index (χ0v) is 13.9. The quantitative estimate of drug-likeness (QED) is 0.781. The first-order valence-corrected chi connectivity index (χ1v) is 8.43. The van der Waals surface area contributed by atoms with Gasteiger partial charge in [0.25, 0.3) is 0 Å². The van der Waals surface area contributed by atoms with Gasteiger partial charge in [0, 0.05) is 31.1 Å². The maximum Gasteiger partial charge on any atom is 0.0767 e. The van der Waals surface area contributed by atoms with Crippen LogP contribution in [-0.4, -0.2) is 32.1 Å². The number of hydrogen-bond donors (Lipinski definition) is 0. The fourth-order valence-corrected chi connectivity index (χ4v) is 4.78.